The Bertz CT molecular complexity index is 457. The average Bonchev–Trinajstić information content (AvgIpc) is 2.27. The van der Waals surface area contributed by atoms with Crippen LogP contribution in [0.5, 0.6) is 0 Å². The van der Waals surface area contributed by atoms with E-state index >= 15 is 0 Å². The van der Waals surface area contributed by atoms with Gasteiger partial charge in [-0.1, -0.05) is 42.8 Å². The third-order valence-electron chi connectivity index (χ3n) is 2.51. The van der Waals surface area contributed by atoms with Gasteiger partial charge in [0.05, 0.1) is 10.0 Å². The molecule has 0 aliphatic rings. The summed E-state index contributed by atoms with van der Waals surface area (Å²) in [5, 5.41) is 2.74. The highest BCUT2D eigenvalue weighted by molar-refractivity contribution is 9.10. The Balaban J connectivity index is 2.59. The summed E-state index contributed by atoms with van der Waals surface area (Å²) in [6.07, 6.45) is 0.925. The first-order valence-corrected chi connectivity index (χ1v) is 7.78. The van der Waals surface area contributed by atoms with Crippen LogP contribution >= 0.6 is 31.9 Å². The van der Waals surface area contributed by atoms with Gasteiger partial charge in [-0.3, -0.25) is 4.79 Å². The van der Waals surface area contributed by atoms with Crippen LogP contribution in [0.4, 0.5) is 4.39 Å². The third kappa shape index (κ3) is 5.61. The fourth-order valence-electron chi connectivity index (χ4n) is 1.71. The second kappa shape index (κ2) is 6.84. The number of amides is 1. The highest BCUT2D eigenvalue weighted by Crippen LogP contribution is 2.24. The van der Waals surface area contributed by atoms with Crippen LogP contribution in [-0.4, -0.2) is 17.3 Å². The molecule has 0 spiro atoms. The van der Waals surface area contributed by atoms with Crippen LogP contribution in [0.25, 0.3) is 0 Å². The van der Waals surface area contributed by atoms with Gasteiger partial charge in [0.25, 0.3) is 5.91 Å². The van der Waals surface area contributed by atoms with Crippen molar-refractivity contribution in [2.45, 2.75) is 32.0 Å². The first kappa shape index (κ1) is 16.6. The smallest absolute Gasteiger partial charge is 0.254 e. The number of alkyl halides is 1. The third-order valence-corrected chi connectivity index (χ3v) is 3.77. The van der Waals surface area contributed by atoms with E-state index < -0.39 is 11.7 Å². The number of hydrogen-bond donors (Lipinski definition) is 1. The van der Waals surface area contributed by atoms with Gasteiger partial charge in [0.1, 0.15) is 5.82 Å². The molecule has 0 fully saturated rings. The van der Waals surface area contributed by atoms with Crippen molar-refractivity contribution in [2.75, 3.05) is 6.54 Å². The van der Waals surface area contributed by atoms with E-state index in [0.29, 0.717) is 11.0 Å². The minimum absolute atomic E-state index is 0.0600. The van der Waals surface area contributed by atoms with Crippen molar-refractivity contribution < 1.29 is 9.18 Å². The molecule has 0 heterocycles. The van der Waals surface area contributed by atoms with Crippen molar-refractivity contribution in [3.63, 3.8) is 0 Å². The van der Waals surface area contributed by atoms with Crippen molar-refractivity contribution in [2.24, 2.45) is 5.41 Å². The SMILES string of the molecule is CC(C)(C)CC(Br)CNC(=O)c1cccc(Br)c1F. The predicted molar refractivity (Wildman–Crippen MR) is 83.2 cm³/mol. The summed E-state index contributed by atoms with van der Waals surface area (Å²) < 4.78 is 14.0. The van der Waals surface area contributed by atoms with Gasteiger partial charge in [-0.25, -0.2) is 4.39 Å². The lowest BCUT2D eigenvalue weighted by Crippen LogP contribution is -2.32. The summed E-state index contributed by atoms with van der Waals surface area (Å²) in [4.78, 5) is 12.1. The maximum Gasteiger partial charge on any atom is 0.254 e. The Hall–Kier alpha value is -0.420. The predicted octanol–water partition coefficient (Wildman–Crippen LogP) is 4.52. The average molecular weight is 395 g/mol. The first-order chi connectivity index (χ1) is 8.70. The summed E-state index contributed by atoms with van der Waals surface area (Å²) in [5.41, 5.74) is 0.241. The van der Waals surface area contributed by atoms with E-state index in [9.17, 15) is 9.18 Å². The van der Waals surface area contributed by atoms with Gasteiger partial charge in [0, 0.05) is 11.4 Å². The zero-order valence-electron chi connectivity index (χ0n) is 11.3. The first-order valence-electron chi connectivity index (χ1n) is 6.07. The molecule has 19 heavy (non-hydrogen) atoms. The van der Waals surface area contributed by atoms with Crippen LogP contribution in [0.2, 0.25) is 0 Å². The van der Waals surface area contributed by atoms with Gasteiger partial charge in [-0.05, 0) is 39.9 Å². The van der Waals surface area contributed by atoms with Crippen LogP contribution in [-0.2, 0) is 0 Å². The minimum atomic E-state index is -0.526. The molecule has 1 aromatic rings. The zero-order valence-corrected chi connectivity index (χ0v) is 14.4. The topological polar surface area (TPSA) is 29.1 Å². The summed E-state index contributed by atoms with van der Waals surface area (Å²) in [7, 11) is 0. The molecular formula is C14H18Br2FNO. The lowest BCUT2D eigenvalue weighted by atomic mass is 9.90. The van der Waals surface area contributed by atoms with Crippen molar-refractivity contribution in [1.82, 2.24) is 5.32 Å². The standard InChI is InChI=1S/C14H18Br2FNO/c1-14(2,3)7-9(15)8-18-13(19)10-5-4-6-11(16)12(10)17/h4-6,9H,7-8H2,1-3H3,(H,18,19). The molecule has 5 heteroatoms. The number of rotatable bonds is 4. The molecule has 1 aromatic carbocycles. The monoisotopic (exact) mass is 393 g/mol. The van der Waals surface area contributed by atoms with Gasteiger partial charge in [-0.15, -0.1) is 0 Å². The highest BCUT2D eigenvalue weighted by atomic mass is 79.9. The largest absolute Gasteiger partial charge is 0.351 e. The second-order valence-electron chi connectivity index (χ2n) is 5.67. The maximum atomic E-state index is 13.7. The lowest BCUT2D eigenvalue weighted by molar-refractivity contribution is 0.0948. The maximum absolute atomic E-state index is 13.7. The zero-order chi connectivity index (χ0) is 14.6. The molecule has 1 rings (SSSR count). The highest BCUT2D eigenvalue weighted by Gasteiger charge is 2.18. The Kier molecular flexibility index (Phi) is 5.99. The van der Waals surface area contributed by atoms with Crippen LogP contribution in [0, 0.1) is 11.2 Å². The number of carbonyl (C=O) groups excluding carboxylic acids is 1. The molecule has 0 aromatic heterocycles. The van der Waals surface area contributed by atoms with Crippen molar-refractivity contribution >= 4 is 37.8 Å². The number of carbonyl (C=O) groups is 1. The van der Waals surface area contributed by atoms with Crippen molar-refractivity contribution in [1.29, 1.82) is 0 Å². The molecule has 1 unspecified atom stereocenters. The Labute approximate surface area is 130 Å². The summed E-state index contributed by atoms with van der Waals surface area (Å²) in [6, 6.07) is 4.68. The van der Waals surface area contributed by atoms with Gasteiger partial charge < -0.3 is 5.32 Å². The number of halogens is 3. The quantitative estimate of drug-likeness (QED) is 0.747. The number of hydrogen-bond acceptors (Lipinski definition) is 1. The Morgan fingerprint density at radius 3 is 2.63 bits per heavy atom. The normalized spacial score (nSPS) is 13.2. The molecule has 0 saturated heterocycles. The molecule has 0 saturated carbocycles. The van der Waals surface area contributed by atoms with Crippen LogP contribution in [0.15, 0.2) is 22.7 Å². The van der Waals surface area contributed by atoms with Gasteiger partial charge in [0.2, 0.25) is 0 Å². The van der Waals surface area contributed by atoms with Crippen LogP contribution < -0.4 is 5.32 Å². The summed E-state index contributed by atoms with van der Waals surface area (Å²) in [6.45, 7) is 6.88. The molecule has 0 aliphatic heterocycles. The molecule has 106 valence electrons. The van der Waals surface area contributed by atoms with Crippen LogP contribution in [0.3, 0.4) is 0 Å². The molecule has 1 N–H and O–H groups in total. The Morgan fingerprint density at radius 2 is 2.05 bits per heavy atom. The Morgan fingerprint density at radius 1 is 1.42 bits per heavy atom. The molecular weight excluding hydrogens is 377 g/mol. The van der Waals surface area contributed by atoms with Gasteiger partial charge >= 0.3 is 0 Å². The van der Waals surface area contributed by atoms with E-state index in [2.05, 4.69) is 57.9 Å². The van der Waals surface area contributed by atoms with Gasteiger partial charge in [0.15, 0.2) is 0 Å². The van der Waals surface area contributed by atoms with E-state index in [-0.39, 0.29) is 15.8 Å². The van der Waals surface area contributed by atoms with E-state index in [0.717, 1.165) is 6.42 Å². The minimum Gasteiger partial charge on any atom is -0.351 e. The molecule has 0 bridgehead atoms. The van der Waals surface area contributed by atoms with E-state index in [1.54, 1.807) is 12.1 Å². The molecule has 1 atom stereocenters. The van der Waals surface area contributed by atoms with Crippen LogP contribution in [0.1, 0.15) is 37.6 Å². The second-order valence-corrected chi connectivity index (χ2v) is 7.82. The number of nitrogens with one attached hydrogen (secondary N) is 1. The fraction of sp³-hybridized carbons (Fsp3) is 0.500. The summed E-state index contributed by atoms with van der Waals surface area (Å²) >= 11 is 6.60. The number of benzene rings is 1. The van der Waals surface area contributed by atoms with Crippen molar-refractivity contribution in [3.8, 4) is 0 Å². The van der Waals surface area contributed by atoms with E-state index in [1.165, 1.54) is 6.07 Å². The molecule has 2 nitrogen and oxygen atoms in total. The lowest BCUT2D eigenvalue weighted by Gasteiger charge is -2.22. The van der Waals surface area contributed by atoms with E-state index in [1.807, 2.05) is 0 Å². The van der Waals surface area contributed by atoms with Crippen molar-refractivity contribution in [3.05, 3.63) is 34.1 Å². The molecule has 1 amide bonds. The fourth-order valence-corrected chi connectivity index (χ4v) is 3.21. The molecule has 0 radical (unpaired) electrons. The van der Waals surface area contributed by atoms with Gasteiger partial charge in [-0.2, -0.15) is 0 Å². The molecule has 0 aliphatic carbocycles. The summed E-state index contributed by atoms with van der Waals surface area (Å²) in [5.74, 6) is -0.917. The van der Waals surface area contributed by atoms with E-state index in [4.69, 9.17) is 0 Å².